The van der Waals surface area contributed by atoms with Gasteiger partial charge in [-0.1, -0.05) is 23.7 Å². The van der Waals surface area contributed by atoms with Gasteiger partial charge in [0.1, 0.15) is 5.69 Å². The third kappa shape index (κ3) is 4.69. The first kappa shape index (κ1) is 19.4. The number of imidazole rings is 1. The zero-order valence-electron chi connectivity index (χ0n) is 15.9. The first-order valence-corrected chi connectivity index (χ1v) is 9.57. The van der Waals surface area contributed by atoms with E-state index in [1.54, 1.807) is 12.1 Å². The van der Waals surface area contributed by atoms with Crippen molar-refractivity contribution < 1.29 is 9.59 Å². The van der Waals surface area contributed by atoms with Crippen molar-refractivity contribution in [3.05, 3.63) is 52.1 Å². The van der Waals surface area contributed by atoms with Gasteiger partial charge in [0.2, 0.25) is 0 Å². The molecule has 0 unspecified atom stereocenters. The number of nitrogens with one attached hydrogen (secondary N) is 2. The van der Waals surface area contributed by atoms with Crippen LogP contribution in [0.15, 0.2) is 24.3 Å². The lowest BCUT2D eigenvalue weighted by atomic mass is 10.1. The van der Waals surface area contributed by atoms with Crippen LogP contribution in [0, 0.1) is 0 Å². The zero-order valence-corrected chi connectivity index (χ0v) is 16.7. The molecule has 2 heterocycles. The molecule has 0 saturated heterocycles. The molecule has 0 atom stereocenters. The number of halogens is 1. The SMILES string of the molecule is CC(C)(C)NC(=O)c1nc(C(=O)NCc2ccc(Cl)cc2)c2n1CCCC2. The van der Waals surface area contributed by atoms with Gasteiger partial charge in [-0.15, -0.1) is 0 Å². The van der Waals surface area contributed by atoms with Crippen LogP contribution in [-0.4, -0.2) is 26.9 Å². The minimum absolute atomic E-state index is 0.248. The molecule has 0 saturated carbocycles. The maximum atomic E-state index is 12.7. The van der Waals surface area contributed by atoms with Gasteiger partial charge in [0.05, 0.1) is 5.69 Å². The number of fused-ring (bicyclic) bond motifs is 1. The van der Waals surface area contributed by atoms with Gasteiger partial charge in [0.15, 0.2) is 5.82 Å². The number of carbonyl (C=O) groups excluding carboxylic acids is 2. The summed E-state index contributed by atoms with van der Waals surface area (Å²) in [7, 11) is 0. The van der Waals surface area contributed by atoms with E-state index in [4.69, 9.17) is 11.6 Å². The molecule has 0 fully saturated rings. The van der Waals surface area contributed by atoms with Crippen LogP contribution in [0.4, 0.5) is 0 Å². The van der Waals surface area contributed by atoms with Crippen LogP contribution in [0.25, 0.3) is 0 Å². The highest BCUT2D eigenvalue weighted by Gasteiger charge is 2.28. The highest BCUT2D eigenvalue weighted by Crippen LogP contribution is 2.22. The summed E-state index contributed by atoms with van der Waals surface area (Å²) >= 11 is 5.89. The zero-order chi connectivity index (χ0) is 19.6. The second-order valence-electron chi connectivity index (χ2n) is 7.85. The monoisotopic (exact) mass is 388 g/mol. The standard InChI is InChI=1S/C20H25ClN4O2/c1-20(2,3)24-19(27)17-23-16(15-6-4-5-11-25(15)17)18(26)22-12-13-7-9-14(21)10-8-13/h7-10H,4-6,11-12H2,1-3H3,(H,22,26)(H,24,27). The first-order valence-electron chi connectivity index (χ1n) is 9.19. The number of benzene rings is 1. The van der Waals surface area contributed by atoms with E-state index in [1.807, 2.05) is 37.5 Å². The number of hydrogen-bond donors (Lipinski definition) is 2. The van der Waals surface area contributed by atoms with Crippen LogP contribution in [0.3, 0.4) is 0 Å². The van der Waals surface area contributed by atoms with Crippen LogP contribution in [0.1, 0.15) is 66.0 Å². The maximum Gasteiger partial charge on any atom is 0.287 e. The molecule has 27 heavy (non-hydrogen) atoms. The number of amides is 2. The van der Waals surface area contributed by atoms with Crippen molar-refractivity contribution >= 4 is 23.4 Å². The fraction of sp³-hybridized carbons (Fsp3) is 0.450. The predicted molar refractivity (Wildman–Crippen MR) is 105 cm³/mol. The van der Waals surface area contributed by atoms with Crippen LogP contribution in [0.5, 0.6) is 0 Å². The fourth-order valence-electron chi connectivity index (χ4n) is 3.16. The van der Waals surface area contributed by atoms with E-state index in [0.717, 1.165) is 30.5 Å². The molecule has 144 valence electrons. The molecule has 6 nitrogen and oxygen atoms in total. The molecule has 1 aromatic carbocycles. The van der Waals surface area contributed by atoms with E-state index in [-0.39, 0.29) is 17.4 Å². The molecule has 1 aliphatic rings. The topological polar surface area (TPSA) is 76.0 Å². The van der Waals surface area contributed by atoms with Gasteiger partial charge in [-0.2, -0.15) is 0 Å². The second-order valence-corrected chi connectivity index (χ2v) is 8.29. The number of hydrogen-bond acceptors (Lipinski definition) is 3. The molecule has 7 heteroatoms. The molecule has 3 rings (SSSR count). The Labute approximate surface area is 164 Å². The summed E-state index contributed by atoms with van der Waals surface area (Å²) in [6.45, 7) is 6.85. The van der Waals surface area contributed by atoms with E-state index in [9.17, 15) is 9.59 Å². The molecule has 2 aromatic rings. The Bertz CT molecular complexity index is 850. The van der Waals surface area contributed by atoms with Crippen molar-refractivity contribution in [1.29, 1.82) is 0 Å². The van der Waals surface area contributed by atoms with E-state index < -0.39 is 0 Å². The summed E-state index contributed by atoms with van der Waals surface area (Å²) in [6.07, 6.45) is 2.72. The molecular weight excluding hydrogens is 364 g/mol. The molecule has 0 bridgehead atoms. The molecule has 1 aromatic heterocycles. The van der Waals surface area contributed by atoms with Gasteiger partial charge in [0, 0.05) is 23.7 Å². The van der Waals surface area contributed by atoms with Crippen LogP contribution >= 0.6 is 11.6 Å². The highest BCUT2D eigenvalue weighted by molar-refractivity contribution is 6.30. The third-order valence-electron chi connectivity index (χ3n) is 4.39. The van der Waals surface area contributed by atoms with Crippen molar-refractivity contribution in [2.45, 2.75) is 58.7 Å². The quantitative estimate of drug-likeness (QED) is 0.843. The lowest BCUT2D eigenvalue weighted by Crippen LogP contribution is -2.42. The van der Waals surface area contributed by atoms with E-state index in [1.165, 1.54) is 0 Å². The minimum atomic E-state index is -0.366. The second kappa shape index (κ2) is 7.72. The van der Waals surface area contributed by atoms with Gasteiger partial charge < -0.3 is 15.2 Å². The van der Waals surface area contributed by atoms with Crippen LogP contribution in [0.2, 0.25) is 5.02 Å². The lowest BCUT2D eigenvalue weighted by molar-refractivity contribution is 0.0903. The Kier molecular flexibility index (Phi) is 5.56. The van der Waals surface area contributed by atoms with Crippen molar-refractivity contribution in [3.8, 4) is 0 Å². The van der Waals surface area contributed by atoms with Gasteiger partial charge >= 0.3 is 0 Å². The summed E-state index contributed by atoms with van der Waals surface area (Å²) in [5, 5.41) is 6.49. The van der Waals surface area contributed by atoms with Crippen LogP contribution in [-0.2, 0) is 19.5 Å². The number of rotatable bonds is 4. The Morgan fingerprint density at radius 3 is 2.52 bits per heavy atom. The van der Waals surface area contributed by atoms with Gasteiger partial charge in [0.25, 0.3) is 11.8 Å². The molecule has 1 aliphatic heterocycles. The lowest BCUT2D eigenvalue weighted by Gasteiger charge is -2.22. The summed E-state index contributed by atoms with van der Waals surface area (Å²) in [5.74, 6) is -0.191. The molecular formula is C20H25ClN4O2. The fourth-order valence-corrected chi connectivity index (χ4v) is 3.29. The molecule has 0 aliphatic carbocycles. The van der Waals surface area contributed by atoms with Crippen molar-refractivity contribution in [2.24, 2.45) is 0 Å². The predicted octanol–water partition coefficient (Wildman–Crippen LogP) is 3.33. The normalized spacial score (nSPS) is 13.8. The molecule has 0 radical (unpaired) electrons. The van der Waals surface area contributed by atoms with E-state index in [0.29, 0.717) is 29.6 Å². The van der Waals surface area contributed by atoms with Gasteiger partial charge in [-0.25, -0.2) is 4.98 Å². The maximum absolute atomic E-state index is 12.7. The van der Waals surface area contributed by atoms with E-state index in [2.05, 4.69) is 15.6 Å². The van der Waals surface area contributed by atoms with Crippen molar-refractivity contribution in [2.75, 3.05) is 0 Å². The Balaban J connectivity index is 1.81. The molecule has 2 amide bonds. The summed E-state index contributed by atoms with van der Waals surface area (Å²) in [4.78, 5) is 29.8. The van der Waals surface area contributed by atoms with Gasteiger partial charge in [-0.05, 0) is 57.7 Å². The Morgan fingerprint density at radius 2 is 1.85 bits per heavy atom. The first-order chi connectivity index (χ1) is 12.7. The average molecular weight is 389 g/mol. The number of aromatic nitrogens is 2. The van der Waals surface area contributed by atoms with Crippen LogP contribution < -0.4 is 10.6 Å². The Morgan fingerprint density at radius 1 is 1.15 bits per heavy atom. The highest BCUT2D eigenvalue weighted by atomic mass is 35.5. The summed E-state index contributed by atoms with van der Waals surface area (Å²) in [6, 6.07) is 7.31. The summed E-state index contributed by atoms with van der Waals surface area (Å²) in [5.41, 5.74) is 1.78. The van der Waals surface area contributed by atoms with Gasteiger partial charge in [-0.3, -0.25) is 9.59 Å². The molecule has 2 N–H and O–H groups in total. The average Bonchev–Trinajstić information content (AvgIpc) is 2.99. The number of nitrogens with zero attached hydrogens (tertiary/aromatic N) is 2. The number of carbonyl (C=O) groups is 2. The third-order valence-corrected chi connectivity index (χ3v) is 4.64. The summed E-state index contributed by atoms with van der Waals surface area (Å²) < 4.78 is 1.89. The smallest absolute Gasteiger partial charge is 0.287 e. The van der Waals surface area contributed by atoms with Crippen molar-refractivity contribution in [1.82, 2.24) is 20.2 Å². The molecule has 0 spiro atoms. The minimum Gasteiger partial charge on any atom is -0.347 e. The largest absolute Gasteiger partial charge is 0.347 e. The van der Waals surface area contributed by atoms with E-state index >= 15 is 0 Å². The van der Waals surface area contributed by atoms with Crippen molar-refractivity contribution in [3.63, 3.8) is 0 Å². The Hall–Kier alpha value is -2.34.